The minimum Gasteiger partial charge on any atom is -0.477 e. The molecule has 11 nitrogen and oxygen atoms in total. The Bertz CT molecular complexity index is 1260. The Morgan fingerprint density at radius 3 is 2.66 bits per heavy atom. The number of carbonyl (C=O) groups excluding carboxylic acids is 2. The smallest absolute Gasteiger partial charge is 0.443 e. The molecule has 0 spiro atoms. The van der Waals surface area contributed by atoms with E-state index in [0.29, 0.717) is 11.3 Å². The van der Waals surface area contributed by atoms with Gasteiger partial charge in [-0.25, -0.2) is 14.8 Å². The van der Waals surface area contributed by atoms with Crippen molar-refractivity contribution in [2.75, 3.05) is 5.73 Å². The van der Waals surface area contributed by atoms with Crippen LogP contribution in [0, 0.1) is 4.91 Å². The Hall–Kier alpha value is -2.76. The topological polar surface area (TPSA) is 168 Å². The molecule has 1 fully saturated rings. The zero-order chi connectivity index (χ0) is 25.7. The third-order valence-corrected chi connectivity index (χ3v) is 8.30. The van der Waals surface area contributed by atoms with Gasteiger partial charge in [-0.1, -0.05) is 34.7 Å². The van der Waals surface area contributed by atoms with Crippen LogP contribution >= 0.6 is 46.0 Å². The van der Waals surface area contributed by atoms with Crippen LogP contribution in [-0.4, -0.2) is 49.8 Å². The van der Waals surface area contributed by atoms with E-state index in [1.54, 1.807) is 0 Å². The minimum absolute atomic E-state index is 0.00774. The molecule has 18 heteroatoms. The van der Waals surface area contributed by atoms with E-state index in [0.717, 1.165) is 33.4 Å². The van der Waals surface area contributed by atoms with Crippen LogP contribution in [0.1, 0.15) is 29.6 Å². The number of halogens is 4. The summed E-state index contributed by atoms with van der Waals surface area (Å²) in [6.45, 7) is 0. The van der Waals surface area contributed by atoms with Gasteiger partial charge in [0.1, 0.15) is 26.8 Å². The first-order valence-corrected chi connectivity index (χ1v) is 12.4. The van der Waals surface area contributed by atoms with Gasteiger partial charge in [0.25, 0.3) is 11.8 Å². The normalized spacial score (nSPS) is 20.8. The number of carbonyl (C=O) groups is 3. The number of nitrogens with one attached hydrogen (secondary N) is 1. The van der Waals surface area contributed by atoms with Gasteiger partial charge >= 0.3 is 12.1 Å². The lowest BCUT2D eigenvalue weighted by Gasteiger charge is -2.50. The van der Waals surface area contributed by atoms with Gasteiger partial charge in [-0.15, -0.1) is 16.2 Å². The molecule has 0 aliphatic carbocycles. The molecule has 0 radical (unpaired) electrons. The average Bonchev–Trinajstić information content (AvgIpc) is 3.38. The summed E-state index contributed by atoms with van der Waals surface area (Å²) in [4.78, 5) is 57.0. The number of amides is 2. The number of nitrogens with two attached hydrogens (primary N) is 1. The molecule has 0 saturated carbocycles. The van der Waals surface area contributed by atoms with Crippen LogP contribution in [0.5, 0.6) is 0 Å². The van der Waals surface area contributed by atoms with Crippen LogP contribution < -0.4 is 11.1 Å². The number of carboxylic acids is 1. The molecule has 4 N–H and O–H groups in total. The standard InChI is InChI=1S/C17H12ClF3N6O5S3/c18-11-8(25-16(22)35-11)9(26-32)12(28)24-7-4-1-2-5(10(14(30)31)27(4)13(7)29)34-6-3-33-15(23-6)17(19,20)21/h3-4,7,9H,1-2H2,(H2,22,25)(H,24,28)(H,30,31). The summed E-state index contributed by atoms with van der Waals surface area (Å²) in [5.41, 5.74) is 4.95. The average molecular weight is 569 g/mol. The van der Waals surface area contributed by atoms with E-state index < -0.39 is 52.8 Å². The van der Waals surface area contributed by atoms with Crippen molar-refractivity contribution < 1.29 is 32.7 Å². The first kappa shape index (κ1) is 25.3. The molecule has 2 aliphatic rings. The number of hydrogen-bond donors (Lipinski definition) is 3. The number of nitroso groups, excluding NO2 is 1. The lowest BCUT2D eigenvalue weighted by atomic mass is 9.86. The SMILES string of the molecule is Nc1nc(C(N=O)C(=O)NC2C(=O)N3C(C(=O)O)=C(Sc4csc(C(F)(F)F)n4)CCC23)c(Cl)s1. The number of rotatable bonds is 7. The Kier molecular flexibility index (Phi) is 6.78. The molecule has 2 aliphatic heterocycles. The predicted molar refractivity (Wildman–Crippen MR) is 120 cm³/mol. The van der Waals surface area contributed by atoms with Crippen LogP contribution in [0.25, 0.3) is 0 Å². The summed E-state index contributed by atoms with van der Waals surface area (Å²) in [5, 5.41) is 14.8. The molecule has 0 aromatic carbocycles. The summed E-state index contributed by atoms with van der Waals surface area (Å²) in [7, 11) is 0. The number of nitrogens with zero attached hydrogens (tertiary/aromatic N) is 4. The molecule has 3 atom stereocenters. The number of thiazole rings is 2. The highest BCUT2D eigenvalue weighted by atomic mass is 35.5. The first-order valence-electron chi connectivity index (χ1n) is 9.47. The van der Waals surface area contributed by atoms with Crippen LogP contribution in [0.15, 0.2) is 26.2 Å². The number of β-lactam (4-membered cyclic amide) rings is 1. The van der Waals surface area contributed by atoms with E-state index in [9.17, 15) is 37.6 Å². The first-order chi connectivity index (χ1) is 16.4. The number of nitrogen functional groups attached to an aromatic ring is 1. The van der Waals surface area contributed by atoms with Crippen molar-refractivity contribution in [2.45, 2.75) is 42.2 Å². The number of hydrogen-bond acceptors (Lipinski definition) is 11. The summed E-state index contributed by atoms with van der Waals surface area (Å²) < 4.78 is 38.4. The number of fused-ring (bicyclic) bond motifs is 1. The number of carboxylic acid groups (broad SMARTS) is 1. The maximum Gasteiger partial charge on any atom is 0.443 e. The highest BCUT2D eigenvalue weighted by Gasteiger charge is 2.54. The van der Waals surface area contributed by atoms with Crippen molar-refractivity contribution in [3.63, 3.8) is 0 Å². The number of aliphatic carboxylic acids is 1. The monoisotopic (exact) mass is 568 g/mol. The molecule has 2 amide bonds. The van der Waals surface area contributed by atoms with E-state index >= 15 is 0 Å². The van der Waals surface area contributed by atoms with Crippen molar-refractivity contribution in [1.82, 2.24) is 20.2 Å². The van der Waals surface area contributed by atoms with Gasteiger partial charge in [0, 0.05) is 10.3 Å². The van der Waals surface area contributed by atoms with Gasteiger partial charge in [-0.2, -0.15) is 13.2 Å². The molecular weight excluding hydrogens is 557 g/mol. The van der Waals surface area contributed by atoms with Crippen LogP contribution in [0.3, 0.4) is 0 Å². The van der Waals surface area contributed by atoms with Crippen molar-refractivity contribution in [2.24, 2.45) is 5.18 Å². The summed E-state index contributed by atoms with van der Waals surface area (Å²) >= 11 is 7.87. The largest absolute Gasteiger partial charge is 0.477 e. The fourth-order valence-electron chi connectivity index (χ4n) is 3.64. The van der Waals surface area contributed by atoms with Crippen molar-refractivity contribution in [3.05, 3.63) is 35.9 Å². The fraction of sp³-hybridized carbons (Fsp3) is 0.353. The highest BCUT2D eigenvalue weighted by molar-refractivity contribution is 8.03. The maximum absolute atomic E-state index is 12.8. The molecule has 186 valence electrons. The predicted octanol–water partition coefficient (Wildman–Crippen LogP) is 3.24. The van der Waals surface area contributed by atoms with Gasteiger partial charge in [0.2, 0.25) is 6.04 Å². The molecule has 4 rings (SSSR count). The highest BCUT2D eigenvalue weighted by Crippen LogP contribution is 2.44. The Morgan fingerprint density at radius 1 is 1.40 bits per heavy atom. The Morgan fingerprint density at radius 2 is 2.11 bits per heavy atom. The molecule has 35 heavy (non-hydrogen) atoms. The number of thioether (sulfide) groups is 1. The second kappa shape index (κ2) is 9.36. The summed E-state index contributed by atoms with van der Waals surface area (Å²) in [6.07, 6.45) is -4.32. The number of allylic oxidation sites excluding steroid dienone is 1. The second-order valence-electron chi connectivity index (χ2n) is 7.19. The van der Waals surface area contributed by atoms with Crippen LogP contribution in [0.2, 0.25) is 4.34 Å². The minimum atomic E-state index is -4.63. The second-order valence-corrected chi connectivity index (χ2v) is 10.8. The van der Waals surface area contributed by atoms with Gasteiger partial charge in [-0.05, 0) is 18.0 Å². The van der Waals surface area contributed by atoms with Crippen molar-refractivity contribution in [1.29, 1.82) is 0 Å². The van der Waals surface area contributed by atoms with Crippen LogP contribution in [0.4, 0.5) is 18.3 Å². The zero-order valence-corrected chi connectivity index (χ0v) is 20.1. The van der Waals surface area contributed by atoms with E-state index in [4.69, 9.17) is 17.3 Å². The third kappa shape index (κ3) is 4.72. The van der Waals surface area contributed by atoms with Gasteiger partial charge < -0.3 is 16.2 Å². The van der Waals surface area contributed by atoms with Gasteiger partial charge in [0.15, 0.2) is 10.1 Å². The number of aromatic nitrogens is 2. The molecule has 2 aromatic heterocycles. The molecule has 4 heterocycles. The summed E-state index contributed by atoms with van der Waals surface area (Å²) in [5.74, 6) is -3.19. The number of anilines is 1. The molecule has 0 bridgehead atoms. The molecular formula is C17H12ClF3N6O5S3. The molecule has 2 aromatic rings. The fourth-order valence-corrected chi connectivity index (χ4v) is 6.45. The third-order valence-electron chi connectivity index (χ3n) is 5.08. The van der Waals surface area contributed by atoms with E-state index in [1.807, 2.05) is 0 Å². The van der Waals surface area contributed by atoms with Crippen LogP contribution in [-0.2, 0) is 20.6 Å². The zero-order valence-electron chi connectivity index (χ0n) is 16.9. The maximum atomic E-state index is 12.8. The summed E-state index contributed by atoms with van der Waals surface area (Å²) in [6, 6.07) is -3.56. The Balaban J connectivity index is 1.52. The Labute approximate surface area is 210 Å². The lowest BCUT2D eigenvalue weighted by Crippen LogP contribution is -2.71. The lowest BCUT2D eigenvalue weighted by molar-refractivity contribution is -0.156. The van der Waals surface area contributed by atoms with Crippen molar-refractivity contribution >= 4 is 69.0 Å². The quantitative estimate of drug-likeness (QED) is 0.335. The van der Waals surface area contributed by atoms with Gasteiger partial charge in [0.05, 0.1) is 6.04 Å². The van der Waals surface area contributed by atoms with Crippen molar-refractivity contribution in [3.8, 4) is 0 Å². The van der Waals surface area contributed by atoms with Gasteiger partial charge in [-0.3, -0.25) is 14.5 Å². The molecule has 3 unspecified atom stereocenters. The number of alkyl halides is 3. The van der Waals surface area contributed by atoms with E-state index in [1.165, 1.54) is 0 Å². The van der Waals surface area contributed by atoms with E-state index in [2.05, 4.69) is 20.5 Å². The van der Waals surface area contributed by atoms with E-state index in [-0.39, 0.29) is 37.9 Å². The molecule has 1 saturated heterocycles.